The van der Waals surface area contributed by atoms with E-state index < -0.39 is 0 Å². The summed E-state index contributed by atoms with van der Waals surface area (Å²) in [4.78, 5) is 27.1. The molecule has 0 spiro atoms. The van der Waals surface area contributed by atoms with E-state index in [-0.39, 0.29) is 17.7 Å². The van der Waals surface area contributed by atoms with Gasteiger partial charge in [-0.05, 0) is 95.2 Å². The first-order valence-corrected chi connectivity index (χ1v) is 13.3. The third-order valence-electron chi connectivity index (χ3n) is 5.26. The number of rotatable bonds is 8. The van der Waals surface area contributed by atoms with Crippen LogP contribution >= 0.6 is 46.0 Å². The number of hydrogen-bond donors (Lipinski definition) is 0. The number of amides is 2. The van der Waals surface area contributed by atoms with Crippen LogP contribution in [0.15, 0.2) is 65.6 Å². The predicted molar refractivity (Wildman–Crippen MR) is 149 cm³/mol. The van der Waals surface area contributed by atoms with Crippen molar-refractivity contribution in [3.63, 3.8) is 0 Å². The minimum atomic E-state index is -0.327. The molecule has 1 heterocycles. The maximum atomic E-state index is 13.0. The average Bonchev–Trinajstić information content (AvgIpc) is 3.08. The standard InChI is InChI=1S/C27H23ClINO4S/c1-3-33-23-13-20(12-22(28)25(23)34-16-19-6-4-17(2)5-7-19)14-24-26(31)30(27(32)35-24)15-18-8-10-21(29)11-9-18/h4-14H,3,15-16H2,1-2H3/b24-14-. The number of halogens is 2. The molecule has 0 atom stereocenters. The second-order valence-corrected chi connectivity index (χ2v) is 10.6. The number of carbonyl (C=O) groups is 2. The first-order valence-electron chi connectivity index (χ1n) is 11.0. The van der Waals surface area contributed by atoms with Crippen molar-refractivity contribution in [2.75, 3.05) is 6.61 Å². The van der Waals surface area contributed by atoms with Gasteiger partial charge in [0.2, 0.25) is 0 Å². The van der Waals surface area contributed by atoms with Crippen molar-refractivity contribution in [2.24, 2.45) is 0 Å². The molecule has 3 aromatic carbocycles. The van der Waals surface area contributed by atoms with Crippen LogP contribution in [0.5, 0.6) is 11.5 Å². The van der Waals surface area contributed by atoms with E-state index in [2.05, 4.69) is 22.6 Å². The van der Waals surface area contributed by atoms with Crippen LogP contribution in [-0.2, 0) is 17.9 Å². The zero-order valence-electron chi connectivity index (χ0n) is 19.2. The highest BCUT2D eigenvalue weighted by Gasteiger charge is 2.35. The van der Waals surface area contributed by atoms with Gasteiger partial charge in [-0.1, -0.05) is 53.6 Å². The lowest BCUT2D eigenvalue weighted by Gasteiger charge is -2.15. The van der Waals surface area contributed by atoms with E-state index in [1.165, 1.54) is 10.5 Å². The van der Waals surface area contributed by atoms with Crippen LogP contribution in [0.2, 0.25) is 5.02 Å². The molecule has 2 amide bonds. The maximum absolute atomic E-state index is 13.0. The number of benzene rings is 3. The molecule has 1 aliphatic rings. The summed E-state index contributed by atoms with van der Waals surface area (Å²) in [5.41, 5.74) is 3.74. The lowest BCUT2D eigenvalue weighted by atomic mass is 10.1. The molecule has 4 rings (SSSR count). The predicted octanol–water partition coefficient (Wildman–Crippen LogP) is 7.47. The Morgan fingerprint density at radius 2 is 1.69 bits per heavy atom. The van der Waals surface area contributed by atoms with Gasteiger partial charge >= 0.3 is 0 Å². The highest BCUT2D eigenvalue weighted by molar-refractivity contribution is 14.1. The third-order valence-corrected chi connectivity index (χ3v) is 7.17. The third kappa shape index (κ3) is 6.39. The van der Waals surface area contributed by atoms with E-state index in [4.69, 9.17) is 21.1 Å². The Morgan fingerprint density at radius 1 is 1.00 bits per heavy atom. The number of hydrogen-bond acceptors (Lipinski definition) is 5. The first-order chi connectivity index (χ1) is 16.8. The Balaban J connectivity index is 1.54. The smallest absolute Gasteiger partial charge is 0.293 e. The number of carbonyl (C=O) groups excluding carboxylic acids is 2. The van der Waals surface area contributed by atoms with Gasteiger partial charge < -0.3 is 9.47 Å². The summed E-state index contributed by atoms with van der Waals surface area (Å²) in [6.07, 6.45) is 1.66. The van der Waals surface area contributed by atoms with Gasteiger partial charge in [-0.2, -0.15) is 0 Å². The summed E-state index contributed by atoms with van der Waals surface area (Å²) >= 11 is 9.69. The van der Waals surface area contributed by atoms with Crippen LogP contribution in [0, 0.1) is 10.5 Å². The summed E-state index contributed by atoms with van der Waals surface area (Å²) in [6, 6.07) is 19.3. The van der Waals surface area contributed by atoms with E-state index in [1.807, 2.05) is 62.4 Å². The SMILES string of the molecule is CCOc1cc(/C=C2\SC(=O)N(Cc3ccc(I)cc3)C2=O)cc(Cl)c1OCc1ccc(C)cc1. The van der Waals surface area contributed by atoms with Gasteiger partial charge in [0.25, 0.3) is 11.1 Å². The van der Waals surface area contributed by atoms with Crippen molar-refractivity contribution in [3.05, 3.63) is 96.4 Å². The molecule has 1 aliphatic heterocycles. The molecular formula is C27H23ClINO4S. The molecular weight excluding hydrogens is 597 g/mol. The molecule has 0 aromatic heterocycles. The van der Waals surface area contributed by atoms with E-state index in [0.717, 1.165) is 26.5 Å². The minimum Gasteiger partial charge on any atom is -0.490 e. The largest absolute Gasteiger partial charge is 0.490 e. The molecule has 0 bridgehead atoms. The lowest BCUT2D eigenvalue weighted by Crippen LogP contribution is -2.27. The second kappa shape index (κ2) is 11.5. The Bertz CT molecular complexity index is 1280. The summed E-state index contributed by atoms with van der Waals surface area (Å²) < 4.78 is 12.9. The van der Waals surface area contributed by atoms with E-state index >= 15 is 0 Å². The monoisotopic (exact) mass is 619 g/mol. The molecule has 0 saturated carbocycles. The number of imide groups is 1. The normalized spacial score (nSPS) is 14.6. The van der Waals surface area contributed by atoms with Gasteiger partial charge in [0.15, 0.2) is 11.5 Å². The van der Waals surface area contributed by atoms with Gasteiger partial charge in [0.1, 0.15) is 6.61 Å². The fourth-order valence-electron chi connectivity index (χ4n) is 3.47. The fraction of sp³-hybridized carbons (Fsp3) is 0.185. The van der Waals surface area contributed by atoms with Crippen LogP contribution in [0.25, 0.3) is 6.08 Å². The zero-order chi connectivity index (χ0) is 24.9. The Morgan fingerprint density at radius 3 is 2.37 bits per heavy atom. The number of nitrogens with zero attached hydrogens (tertiary/aromatic N) is 1. The van der Waals surface area contributed by atoms with Crippen LogP contribution in [0.4, 0.5) is 4.79 Å². The van der Waals surface area contributed by atoms with E-state index in [9.17, 15) is 9.59 Å². The molecule has 35 heavy (non-hydrogen) atoms. The average molecular weight is 620 g/mol. The quantitative estimate of drug-likeness (QED) is 0.193. The molecule has 1 fully saturated rings. The minimum absolute atomic E-state index is 0.232. The van der Waals surface area contributed by atoms with Gasteiger partial charge in [-0.25, -0.2) is 0 Å². The zero-order valence-corrected chi connectivity index (χ0v) is 22.9. The number of thioether (sulfide) groups is 1. The van der Waals surface area contributed by atoms with Gasteiger partial charge in [0, 0.05) is 3.57 Å². The molecule has 0 unspecified atom stereocenters. The molecule has 5 nitrogen and oxygen atoms in total. The number of ether oxygens (including phenoxy) is 2. The van der Waals surface area contributed by atoms with Gasteiger partial charge in [-0.15, -0.1) is 0 Å². The summed E-state index contributed by atoms with van der Waals surface area (Å²) in [6.45, 7) is 4.91. The van der Waals surface area contributed by atoms with Gasteiger partial charge in [-0.3, -0.25) is 14.5 Å². The molecule has 0 N–H and O–H groups in total. The summed E-state index contributed by atoms with van der Waals surface area (Å²) in [5.74, 6) is 0.599. The lowest BCUT2D eigenvalue weighted by molar-refractivity contribution is -0.123. The van der Waals surface area contributed by atoms with Crippen LogP contribution in [0.3, 0.4) is 0 Å². The topological polar surface area (TPSA) is 55.8 Å². The Labute approximate surface area is 227 Å². The molecule has 8 heteroatoms. The van der Waals surface area contributed by atoms with Crippen molar-refractivity contribution in [1.29, 1.82) is 0 Å². The van der Waals surface area contributed by atoms with E-state index in [1.54, 1.807) is 18.2 Å². The maximum Gasteiger partial charge on any atom is 0.293 e. The Kier molecular flexibility index (Phi) is 8.41. The van der Waals surface area contributed by atoms with Crippen LogP contribution in [-0.4, -0.2) is 22.7 Å². The fourth-order valence-corrected chi connectivity index (χ4v) is 4.95. The highest BCUT2D eigenvalue weighted by Crippen LogP contribution is 2.39. The Hall–Kier alpha value is -2.49. The van der Waals surface area contributed by atoms with Crippen molar-refractivity contribution in [3.8, 4) is 11.5 Å². The van der Waals surface area contributed by atoms with Gasteiger partial charge in [0.05, 0.1) is 23.1 Å². The van der Waals surface area contributed by atoms with Crippen molar-refractivity contribution in [2.45, 2.75) is 27.0 Å². The van der Waals surface area contributed by atoms with Crippen molar-refractivity contribution < 1.29 is 19.1 Å². The molecule has 1 saturated heterocycles. The first kappa shape index (κ1) is 25.6. The van der Waals surface area contributed by atoms with Crippen LogP contribution < -0.4 is 9.47 Å². The van der Waals surface area contributed by atoms with Crippen molar-refractivity contribution >= 4 is 63.2 Å². The second-order valence-electron chi connectivity index (χ2n) is 7.93. The molecule has 180 valence electrons. The highest BCUT2D eigenvalue weighted by atomic mass is 127. The summed E-state index contributed by atoms with van der Waals surface area (Å²) in [5, 5.41) is 0.0707. The number of aryl methyl sites for hydroxylation is 1. The molecule has 0 aliphatic carbocycles. The van der Waals surface area contributed by atoms with Crippen molar-refractivity contribution in [1.82, 2.24) is 4.90 Å². The molecule has 0 radical (unpaired) electrons. The molecule has 3 aromatic rings. The van der Waals surface area contributed by atoms with Crippen LogP contribution in [0.1, 0.15) is 29.2 Å². The van der Waals surface area contributed by atoms with E-state index in [0.29, 0.717) is 40.2 Å². The summed E-state index contributed by atoms with van der Waals surface area (Å²) in [7, 11) is 0.